The summed E-state index contributed by atoms with van der Waals surface area (Å²) in [7, 11) is -9.91. The monoisotopic (exact) mass is 534 g/mol. The van der Waals surface area contributed by atoms with Crippen LogP contribution in [0.15, 0.2) is 68.6 Å². The molecule has 4 aromatic carbocycles. The summed E-state index contributed by atoms with van der Waals surface area (Å²) in [6, 6.07) is 8.51. The highest BCUT2D eigenvalue weighted by Gasteiger charge is 2.24. The molecule has 4 rings (SSSR count). The number of nitrogens with two attached hydrogens (primary N) is 1. The Balaban J connectivity index is 2.04. The lowest BCUT2D eigenvalue weighted by Gasteiger charge is -2.11. The Kier molecular flexibility index (Phi) is 5.76. The summed E-state index contributed by atoms with van der Waals surface area (Å²) in [5.41, 5.74) is 4.17. The lowest BCUT2D eigenvalue weighted by Crippen LogP contribution is -2.00. The highest BCUT2D eigenvalue weighted by Crippen LogP contribution is 2.45. The van der Waals surface area contributed by atoms with Crippen LogP contribution in [-0.2, 0) is 20.2 Å². The largest absolute Gasteiger partial charge is 0.506 e. The summed E-state index contributed by atoms with van der Waals surface area (Å²) in [6.45, 7) is 0. The van der Waals surface area contributed by atoms with Gasteiger partial charge in [0, 0.05) is 40.0 Å². The van der Waals surface area contributed by atoms with Crippen molar-refractivity contribution >= 4 is 64.5 Å². The summed E-state index contributed by atoms with van der Waals surface area (Å²) in [5, 5.41) is 39.3. The molecule has 0 saturated heterocycles. The van der Waals surface area contributed by atoms with Crippen molar-refractivity contribution in [2.75, 3.05) is 5.73 Å². The molecule has 0 atom stereocenters. The number of nitrogens with zero attached hydrogens (tertiary/aromatic N) is 3. The van der Waals surface area contributed by atoms with Crippen molar-refractivity contribution < 1.29 is 41.1 Å². The van der Waals surface area contributed by atoms with Gasteiger partial charge in [-0.3, -0.25) is 19.2 Å². The molecule has 0 radical (unpaired) electrons. The number of nitrogen functional groups attached to an aromatic ring is 1. The molecule has 0 saturated carbocycles. The molecule has 0 aromatic heterocycles. The molecule has 0 bridgehead atoms. The third-order valence-electron chi connectivity index (χ3n) is 5.13. The molecule has 0 aliphatic heterocycles. The van der Waals surface area contributed by atoms with Gasteiger partial charge in [-0.25, -0.2) is 0 Å². The second-order valence-electron chi connectivity index (χ2n) is 7.43. The van der Waals surface area contributed by atoms with Crippen LogP contribution < -0.4 is 5.73 Å². The summed E-state index contributed by atoms with van der Waals surface area (Å²) in [5.74, 6) is -1.59. The van der Waals surface area contributed by atoms with Gasteiger partial charge in [-0.05, 0) is 29.7 Å². The van der Waals surface area contributed by atoms with Crippen molar-refractivity contribution in [2.45, 2.75) is 9.79 Å². The molecule has 0 fully saturated rings. The van der Waals surface area contributed by atoms with Crippen molar-refractivity contribution in [1.29, 1.82) is 0 Å². The number of hydrogen-bond acceptors (Lipinski definition) is 11. The van der Waals surface area contributed by atoms with E-state index >= 15 is 0 Å². The maximum absolute atomic E-state index is 12.0. The second kappa shape index (κ2) is 8.38. The van der Waals surface area contributed by atoms with Crippen LogP contribution in [0, 0.1) is 10.1 Å². The van der Waals surface area contributed by atoms with E-state index < -0.39 is 68.9 Å². The van der Waals surface area contributed by atoms with E-state index in [1.807, 2.05) is 0 Å². The van der Waals surface area contributed by atoms with E-state index in [-0.39, 0.29) is 21.8 Å². The average molecular weight is 534 g/mol. The van der Waals surface area contributed by atoms with Crippen LogP contribution in [0.1, 0.15) is 0 Å². The van der Waals surface area contributed by atoms with Gasteiger partial charge in [0.1, 0.15) is 26.9 Å². The van der Waals surface area contributed by atoms with Gasteiger partial charge in [0.15, 0.2) is 5.75 Å². The van der Waals surface area contributed by atoms with Crippen molar-refractivity contribution in [2.24, 2.45) is 10.2 Å². The Labute approximate surface area is 201 Å². The molecule has 6 N–H and O–H groups in total. The van der Waals surface area contributed by atoms with Crippen LogP contribution in [0.3, 0.4) is 0 Å². The minimum atomic E-state index is -4.96. The molecular weight excluding hydrogens is 520 g/mol. The topological polar surface area (TPSA) is 243 Å². The predicted octanol–water partition coefficient (Wildman–Crippen LogP) is 3.80. The molecule has 14 nitrogen and oxygen atoms in total. The van der Waals surface area contributed by atoms with Crippen LogP contribution >= 0.6 is 0 Å². The third kappa shape index (κ3) is 4.36. The Bertz CT molecular complexity index is 1850. The van der Waals surface area contributed by atoms with Gasteiger partial charge in [0.2, 0.25) is 0 Å². The van der Waals surface area contributed by atoms with E-state index in [0.29, 0.717) is 6.07 Å². The third-order valence-corrected chi connectivity index (χ3v) is 6.89. The van der Waals surface area contributed by atoms with E-state index in [4.69, 9.17) is 5.73 Å². The number of nitro groups is 1. The fourth-order valence-corrected chi connectivity index (χ4v) is 4.90. The van der Waals surface area contributed by atoms with Crippen molar-refractivity contribution in [3.05, 3.63) is 58.6 Å². The summed E-state index contributed by atoms with van der Waals surface area (Å²) in [4.78, 5) is 8.63. The van der Waals surface area contributed by atoms with Crippen molar-refractivity contribution in [1.82, 2.24) is 0 Å². The van der Waals surface area contributed by atoms with Gasteiger partial charge in [-0.1, -0.05) is 6.07 Å². The van der Waals surface area contributed by atoms with E-state index in [2.05, 4.69) is 10.2 Å². The number of anilines is 1. The Hall–Kier alpha value is -4.38. The number of aromatic hydroxyl groups is 2. The molecule has 4 aromatic rings. The molecule has 0 heterocycles. The molecule has 186 valence electrons. The first-order valence-electron chi connectivity index (χ1n) is 9.54. The Morgan fingerprint density at radius 3 is 2.03 bits per heavy atom. The van der Waals surface area contributed by atoms with Crippen molar-refractivity contribution in [3.63, 3.8) is 0 Å². The molecule has 0 aliphatic carbocycles. The summed E-state index contributed by atoms with van der Waals surface area (Å²) in [6.07, 6.45) is 0. The minimum absolute atomic E-state index is 0.0581. The number of benzene rings is 4. The normalized spacial score (nSPS) is 12.5. The summed E-state index contributed by atoms with van der Waals surface area (Å²) >= 11 is 0. The molecule has 0 spiro atoms. The fraction of sp³-hybridized carbons (Fsp3) is 0. The van der Waals surface area contributed by atoms with E-state index in [1.165, 1.54) is 18.2 Å². The minimum Gasteiger partial charge on any atom is -0.506 e. The zero-order chi connectivity index (χ0) is 26.6. The quantitative estimate of drug-likeness (QED) is 0.0810. The number of hydrogen-bond donors (Lipinski definition) is 5. The number of fused-ring (bicyclic) bond motifs is 2. The van der Waals surface area contributed by atoms with Gasteiger partial charge in [-0.2, -0.15) is 16.8 Å². The lowest BCUT2D eigenvalue weighted by molar-refractivity contribution is -0.384. The molecule has 0 amide bonds. The predicted molar refractivity (Wildman–Crippen MR) is 126 cm³/mol. The number of rotatable bonds is 5. The standard InChI is InChI=1S/C20H14N4O10S2/c21-10-2-1-9-5-17(36(32,33)34)19(20(26)13(9)6-10)23-22-18-12-4-3-11(24(27)28)7-14(12)16(8-15(18)25)35(29,30)31/h1-8,25-26H,21H2,(H,29,30,31)(H,32,33,34). The maximum atomic E-state index is 12.0. The Morgan fingerprint density at radius 1 is 0.778 bits per heavy atom. The first-order valence-corrected chi connectivity index (χ1v) is 12.4. The fourth-order valence-electron chi connectivity index (χ4n) is 3.53. The second-order valence-corrected chi connectivity index (χ2v) is 10.2. The first kappa shape index (κ1) is 24.7. The highest BCUT2D eigenvalue weighted by molar-refractivity contribution is 7.86. The van der Waals surface area contributed by atoms with Crippen LogP contribution in [0.25, 0.3) is 21.5 Å². The SMILES string of the molecule is Nc1ccc2cc(S(=O)(=O)O)c(N=Nc3c(O)cc(S(=O)(=O)O)c4cc([N+](=O)[O-])ccc34)c(O)c2c1. The van der Waals surface area contributed by atoms with Crippen LogP contribution in [0.5, 0.6) is 11.5 Å². The van der Waals surface area contributed by atoms with Crippen LogP contribution in [0.2, 0.25) is 0 Å². The van der Waals surface area contributed by atoms with Gasteiger partial charge in [0.05, 0.1) is 4.92 Å². The number of phenols is 2. The molecule has 16 heteroatoms. The molecule has 36 heavy (non-hydrogen) atoms. The number of non-ortho nitro benzene ring substituents is 1. The Morgan fingerprint density at radius 2 is 1.42 bits per heavy atom. The van der Waals surface area contributed by atoms with Gasteiger partial charge < -0.3 is 15.9 Å². The number of nitro benzene ring substituents is 1. The highest BCUT2D eigenvalue weighted by atomic mass is 32.2. The van der Waals surface area contributed by atoms with Gasteiger partial charge in [0.25, 0.3) is 25.9 Å². The first-order chi connectivity index (χ1) is 16.7. The molecule has 0 aliphatic rings. The van der Waals surface area contributed by atoms with E-state index in [9.17, 15) is 46.3 Å². The van der Waals surface area contributed by atoms with Crippen LogP contribution in [0.4, 0.5) is 22.7 Å². The van der Waals surface area contributed by atoms with E-state index in [0.717, 1.165) is 24.3 Å². The lowest BCUT2D eigenvalue weighted by atomic mass is 10.1. The van der Waals surface area contributed by atoms with Gasteiger partial charge >= 0.3 is 0 Å². The average Bonchev–Trinajstić information content (AvgIpc) is 2.77. The smallest absolute Gasteiger partial charge is 0.296 e. The molecule has 0 unspecified atom stereocenters. The number of azo groups is 1. The van der Waals surface area contributed by atoms with Crippen LogP contribution in [-0.4, -0.2) is 41.1 Å². The van der Waals surface area contributed by atoms with E-state index in [1.54, 1.807) is 0 Å². The zero-order valence-corrected chi connectivity index (χ0v) is 19.2. The van der Waals surface area contributed by atoms with Crippen molar-refractivity contribution in [3.8, 4) is 11.5 Å². The van der Waals surface area contributed by atoms with Gasteiger partial charge in [-0.15, -0.1) is 10.2 Å². The zero-order valence-electron chi connectivity index (χ0n) is 17.6. The maximum Gasteiger partial charge on any atom is 0.296 e. The number of phenolic OH excluding ortho intramolecular Hbond substituents is 2. The molecular formula is C20H14N4O10S2. The summed E-state index contributed by atoms with van der Waals surface area (Å²) < 4.78 is 66.8.